The van der Waals surface area contributed by atoms with E-state index < -0.39 is 11.7 Å². The van der Waals surface area contributed by atoms with Gasteiger partial charge in [0, 0.05) is 12.2 Å². The lowest BCUT2D eigenvalue weighted by Gasteiger charge is -2.12. The van der Waals surface area contributed by atoms with Crippen LogP contribution in [0.15, 0.2) is 42.5 Å². The molecule has 21 heavy (non-hydrogen) atoms. The Labute approximate surface area is 128 Å². The van der Waals surface area contributed by atoms with Crippen LogP contribution < -0.4 is 10.6 Å². The molecule has 2 rings (SSSR count). The van der Waals surface area contributed by atoms with Crippen LogP contribution in [0.1, 0.15) is 22.8 Å². The molecule has 0 bridgehead atoms. The number of nitrogens with one attached hydrogen (secondary N) is 2. The van der Waals surface area contributed by atoms with Gasteiger partial charge in [0.15, 0.2) is 0 Å². The molecule has 0 unspecified atom stereocenters. The van der Waals surface area contributed by atoms with Crippen LogP contribution in [-0.2, 0) is 6.54 Å². The maximum atomic E-state index is 13.7. The van der Waals surface area contributed by atoms with Gasteiger partial charge in [0.1, 0.15) is 5.82 Å². The lowest BCUT2D eigenvalue weighted by molar-refractivity contribution is 0.102. The zero-order valence-corrected chi connectivity index (χ0v) is 12.4. The first-order chi connectivity index (χ1) is 10.1. The summed E-state index contributed by atoms with van der Waals surface area (Å²) in [6, 6.07) is 11.6. The van der Waals surface area contributed by atoms with Crippen LogP contribution >= 0.6 is 11.6 Å². The van der Waals surface area contributed by atoms with Gasteiger partial charge in [-0.2, -0.15) is 0 Å². The molecule has 1 amide bonds. The second-order valence-electron chi connectivity index (χ2n) is 4.49. The molecule has 0 aliphatic heterocycles. The Bertz CT molecular complexity index is 626. The zero-order chi connectivity index (χ0) is 15.2. The summed E-state index contributed by atoms with van der Waals surface area (Å²) in [4.78, 5) is 12.2. The summed E-state index contributed by atoms with van der Waals surface area (Å²) in [5.41, 5.74) is 1.43. The molecule has 0 aliphatic carbocycles. The number of rotatable bonds is 5. The third-order valence-electron chi connectivity index (χ3n) is 3.02. The van der Waals surface area contributed by atoms with Crippen LogP contribution in [0.2, 0.25) is 5.02 Å². The molecule has 0 aliphatic rings. The van der Waals surface area contributed by atoms with Crippen molar-refractivity contribution in [1.29, 1.82) is 0 Å². The van der Waals surface area contributed by atoms with Gasteiger partial charge < -0.3 is 10.6 Å². The SMILES string of the molecule is CCNCc1ccccc1NC(=O)c1c(F)cccc1Cl. The predicted molar refractivity (Wildman–Crippen MR) is 83.2 cm³/mol. The third kappa shape index (κ3) is 3.80. The number of halogens is 2. The molecule has 2 aromatic carbocycles. The number of carbonyl (C=O) groups excluding carboxylic acids is 1. The van der Waals surface area contributed by atoms with E-state index in [1.165, 1.54) is 18.2 Å². The van der Waals surface area contributed by atoms with Crippen LogP contribution in [0, 0.1) is 5.82 Å². The summed E-state index contributed by atoms with van der Waals surface area (Å²) < 4.78 is 13.7. The van der Waals surface area contributed by atoms with Gasteiger partial charge in [0.05, 0.1) is 10.6 Å². The number of amides is 1. The van der Waals surface area contributed by atoms with Crippen molar-refractivity contribution in [3.8, 4) is 0 Å². The fraction of sp³-hybridized carbons (Fsp3) is 0.188. The topological polar surface area (TPSA) is 41.1 Å². The number of carbonyl (C=O) groups is 1. The molecule has 0 aromatic heterocycles. The molecule has 0 heterocycles. The molecule has 110 valence electrons. The first kappa shape index (κ1) is 15.5. The molecule has 0 atom stereocenters. The molecule has 2 N–H and O–H groups in total. The van der Waals surface area contributed by atoms with Crippen LogP contribution in [-0.4, -0.2) is 12.5 Å². The summed E-state index contributed by atoms with van der Waals surface area (Å²) in [5.74, 6) is -1.19. The number of anilines is 1. The van der Waals surface area contributed by atoms with Crippen LogP contribution in [0.4, 0.5) is 10.1 Å². The Hall–Kier alpha value is -1.91. The van der Waals surface area contributed by atoms with E-state index in [1.807, 2.05) is 25.1 Å². The molecule has 3 nitrogen and oxygen atoms in total. The smallest absolute Gasteiger partial charge is 0.260 e. The molecule has 2 aromatic rings. The summed E-state index contributed by atoms with van der Waals surface area (Å²) in [7, 11) is 0. The van der Waals surface area contributed by atoms with Gasteiger partial charge in [0.2, 0.25) is 0 Å². The lowest BCUT2D eigenvalue weighted by atomic mass is 10.1. The van der Waals surface area contributed by atoms with Crippen LogP contribution in [0.25, 0.3) is 0 Å². The van der Waals surface area contributed by atoms with E-state index in [-0.39, 0.29) is 10.6 Å². The average molecular weight is 307 g/mol. The number of para-hydroxylation sites is 1. The highest BCUT2D eigenvalue weighted by molar-refractivity contribution is 6.34. The molecule has 0 spiro atoms. The van der Waals surface area contributed by atoms with Gasteiger partial charge in [-0.3, -0.25) is 4.79 Å². The average Bonchev–Trinajstić information content (AvgIpc) is 2.46. The van der Waals surface area contributed by atoms with E-state index in [2.05, 4.69) is 10.6 Å². The standard InChI is InChI=1S/C16H16ClFN2O/c1-2-19-10-11-6-3-4-9-14(11)20-16(21)15-12(17)7-5-8-13(15)18/h3-9,19H,2,10H2,1H3,(H,20,21). The van der Waals surface area contributed by atoms with Crippen molar-refractivity contribution in [2.75, 3.05) is 11.9 Å². The minimum atomic E-state index is -0.635. The Morgan fingerprint density at radius 2 is 1.95 bits per heavy atom. The van der Waals surface area contributed by atoms with Crippen molar-refractivity contribution in [3.63, 3.8) is 0 Å². The molecule has 0 radical (unpaired) electrons. The molecule has 5 heteroatoms. The van der Waals surface area contributed by atoms with E-state index in [0.29, 0.717) is 12.2 Å². The third-order valence-corrected chi connectivity index (χ3v) is 3.34. The second kappa shape index (κ2) is 7.20. The largest absolute Gasteiger partial charge is 0.322 e. The number of benzene rings is 2. The van der Waals surface area contributed by atoms with Gasteiger partial charge in [-0.1, -0.05) is 42.8 Å². The number of hydrogen-bond donors (Lipinski definition) is 2. The zero-order valence-electron chi connectivity index (χ0n) is 11.6. The fourth-order valence-electron chi connectivity index (χ4n) is 1.96. The highest BCUT2D eigenvalue weighted by Crippen LogP contribution is 2.22. The van der Waals surface area contributed by atoms with E-state index in [9.17, 15) is 9.18 Å². The molecule has 0 saturated heterocycles. The molecular formula is C16H16ClFN2O. The van der Waals surface area contributed by atoms with Crippen molar-refractivity contribution in [3.05, 3.63) is 64.4 Å². The minimum Gasteiger partial charge on any atom is -0.322 e. The Balaban J connectivity index is 2.24. The Morgan fingerprint density at radius 3 is 2.67 bits per heavy atom. The first-order valence-electron chi connectivity index (χ1n) is 6.67. The molecule has 0 saturated carbocycles. The van der Waals surface area contributed by atoms with Gasteiger partial charge in [-0.25, -0.2) is 4.39 Å². The lowest BCUT2D eigenvalue weighted by Crippen LogP contribution is -2.18. The van der Waals surface area contributed by atoms with Gasteiger partial charge in [0.25, 0.3) is 5.91 Å². The van der Waals surface area contributed by atoms with Crippen molar-refractivity contribution in [1.82, 2.24) is 5.32 Å². The quantitative estimate of drug-likeness (QED) is 0.881. The first-order valence-corrected chi connectivity index (χ1v) is 7.05. The summed E-state index contributed by atoms with van der Waals surface area (Å²) >= 11 is 5.90. The minimum absolute atomic E-state index is 0.0941. The summed E-state index contributed by atoms with van der Waals surface area (Å²) in [5, 5.41) is 6.00. The van der Waals surface area contributed by atoms with Crippen LogP contribution in [0.5, 0.6) is 0 Å². The molecule has 0 fully saturated rings. The van der Waals surface area contributed by atoms with E-state index in [0.717, 1.165) is 12.1 Å². The molecular weight excluding hydrogens is 291 g/mol. The van der Waals surface area contributed by atoms with E-state index in [1.54, 1.807) is 6.07 Å². The van der Waals surface area contributed by atoms with Crippen molar-refractivity contribution < 1.29 is 9.18 Å². The highest BCUT2D eigenvalue weighted by Gasteiger charge is 2.16. The fourth-order valence-corrected chi connectivity index (χ4v) is 2.20. The second-order valence-corrected chi connectivity index (χ2v) is 4.90. The van der Waals surface area contributed by atoms with E-state index in [4.69, 9.17) is 11.6 Å². The van der Waals surface area contributed by atoms with Crippen LogP contribution in [0.3, 0.4) is 0 Å². The van der Waals surface area contributed by atoms with E-state index >= 15 is 0 Å². The highest BCUT2D eigenvalue weighted by atomic mass is 35.5. The normalized spacial score (nSPS) is 10.4. The van der Waals surface area contributed by atoms with Gasteiger partial charge in [-0.05, 0) is 30.3 Å². The Morgan fingerprint density at radius 1 is 1.19 bits per heavy atom. The maximum Gasteiger partial charge on any atom is 0.260 e. The van der Waals surface area contributed by atoms with Crippen molar-refractivity contribution >= 4 is 23.2 Å². The monoisotopic (exact) mass is 306 g/mol. The van der Waals surface area contributed by atoms with Gasteiger partial charge in [-0.15, -0.1) is 0 Å². The Kier molecular flexibility index (Phi) is 5.31. The van der Waals surface area contributed by atoms with Gasteiger partial charge >= 0.3 is 0 Å². The van der Waals surface area contributed by atoms with Crippen molar-refractivity contribution in [2.24, 2.45) is 0 Å². The number of hydrogen-bond acceptors (Lipinski definition) is 2. The van der Waals surface area contributed by atoms with Crippen molar-refractivity contribution in [2.45, 2.75) is 13.5 Å². The maximum absolute atomic E-state index is 13.7. The predicted octanol–water partition coefficient (Wildman–Crippen LogP) is 3.84. The summed E-state index contributed by atoms with van der Waals surface area (Å²) in [6.07, 6.45) is 0. The summed E-state index contributed by atoms with van der Waals surface area (Å²) in [6.45, 7) is 3.44.